The minimum absolute atomic E-state index is 0.0875. The predicted octanol–water partition coefficient (Wildman–Crippen LogP) is 2.52. The van der Waals surface area contributed by atoms with Crippen molar-refractivity contribution in [1.82, 2.24) is 9.62 Å². The van der Waals surface area contributed by atoms with Crippen molar-refractivity contribution in [2.45, 2.75) is 44.6 Å². The van der Waals surface area contributed by atoms with Crippen molar-refractivity contribution in [3.05, 3.63) is 59.2 Å². The lowest BCUT2D eigenvalue weighted by Crippen LogP contribution is -2.45. The molecule has 1 saturated heterocycles. The van der Waals surface area contributed by atoms with Gasteiger partial charge >= 0.3 is 11.8 Å². The fourth-order valence-corrected chi connectivity index (χ4v) is 6.13. The first kappa shape index (κ1) is 22.0. The highest BCUT2D eigenvalue weighted by Gasteiger charge is 2.37. The Morgan fingerprint density at radius 3 is 2.30 bits per heavy atom. The third kappa shape index (κ3) is 4.71. The zero-order chi connectivity index (χ0) is 21.9. The van der Waals surface area contributed by atoms with Gasteiger partial charge in [-0.25, -0.2) is 8.42 Å². The Bertz CT molecular complexity index is 1030. The van der Waals surface area contributed by atoms with Gasteiger partial charge in [-0.2, -0.15) is 4.31 Å². The molecule has 1 atom stereocenters. The molecule has 0 aromatic heterocycles. The molecular weight excluding hydrogens is 402 g/mol. The monoisotopic (exact) mass is 429 g/mol. The van der Waals surface area contributed by atoms with Crippen molar-refractivity contribution in [3.63, 3.8) is 0 Å². The first-order valence-electron chi connectivity index (χ1n) is 9.94. The first-order valence-corrected chi connectivity index (χ1v) is 11.4. The van der Waals surface area contributed by atoms with Gasteiger partial charge in [-0.3, -0.25) is 9.59 Å². The van der Waals surface area contributed by atoms with Crippen LogP contribution in [0.1, 0.15) is 29.5 Å². The van der Waals surface area contributed by atoms with E-state index < -0.39 is 21.8 Å². The average Bonchev–Trinajstić information content (AvgIpc) is 3.15. The number of anilines is 1. The maximum absolute atomic E-state index is 13.4. The third-order valence-electron chi connectivity index (χ3n) is 5.23. The number of amides is 2. The highest BCUT2D eigenvalue weighted by Crippen LogP contribution is 2.30. The molecule has 7 nitrogen and oxygen atoms in total. The molecule has 8 heteroatoms. The summed E-state index contributed by atoms with van der Waals surface area (Å²) < 4.78 is 28.2. The number of rotatable bonds is 5. The number of nitrogens with one attached hydrogen (secondary N) is 2. The quantitative estimate of drug-likeness (QED) is 0.714. The van der Waals surface area contributed by atoms with E-state index in [-0.39, 0.29) is 12.6 Å². The Kier molecular flexibility index (Phi) is 6.58. The topological polar surface area (TPSA) is 95.6 Å². The second-order valence-electron chi connectivity index (χ2n) is 7.67. The molecule has 160 valence electrons. The number of aryl methyl sites for hydroxylation is 3. The molecule has 0 bridgehead atoms. The molecule has 2 N–H and O–H groups in total. The lowest BCUT2D eigenvalue weighted by atomic mass is 10.1. The molecule has 3 rings (SSSR count). The summed E-state index contributed by atoms with van der Waals surface area (Å²) in [5.41, 5.74) is 2.96. The number of nitrogens with zero attached hydrogens (tertiary/aromatic N) is 1. The van der Waals surface area contributed by atoms with E-state index in [2.05, 4.69) is 10.6 Å². The molecule has 0 radical (unpaired) electrons. The van der Waals surface area contributed by atoms with E-state index in [4.69, 9.17) is 0 Å². The Morgan fingerprint density at radius 2 is 1.67 bits per heavy atom. The van der Waals surface area contributed by atoms with Gasteiger partial charge in [0, 0.05) is 24.8 Å². The number of carbonyl (C=O) groups excluding carboxylic acids is 2. The number of para-hydroxylation sites is 1. The molecule has 30 heavy (non-hydrogen) atoms. The Hall–Kier alpha value is -2.71. The Labute approximate surface area is 177 Å². The molecule has 2 aromatic rings. The summed E-state index contributed by atoms with van der Waals surface area (Å²) in [6, 6.07) is 12.0. The second-order valence-corrected chi connectivity index (χ2v) is 9.50. The maximum atomic E-state index is 13.4. The van der Waals surface area contributed by atoms with Gasteiger partial charge in [-0.1, -0.05) is 35.9 Å². The standard InChI is InChI=1S/C22H27N3O4S/c1-15-12-16(2)20(17(3)13-15)30(28,29)25-11-7-10-19(25)14-23-21(26)22(27)24-18-8-5-4-6-9-18/h4-6,8-9,12-13,19H,7,10-11,14H2,1-3H3,(H,23,26)(H,24,27)/t19-/m0/s1. The van der Waals surface area contributed by atoms with Gasteiger partial charge < -0.3 is 10.6 Å². The molecule has 1 heterocycles. The van der Waals surface area contributed by atoms with E-state index in [9.17, 15) is 18.0 Å². The Balaban J connectivity index is 1.69. The van der Waals surface area contributed by atoms with E-state index in [1.54, 1.807) is 38.1 Å². The van der Waals surface area contributed by atoms with Crippen LogP contribution < -0.4 is 10.6 Å². The number of hydrogen-bond donors (Lipinski definition) is 2. The third-order valence-corrected chi connectivity index (χ3v) is 7.49. The molecule has 1 fully saturated rings. The minimum atomic E-state index is -3.70. The normalized spacial score (nSPS) is 17.0. The molecule has 0 spiro atoms. The van der Waals surface area contributed by atoms with E-state index in [0.717, 1.165) is 5.56 Å². The number of hydrogen-bond acceptors (Lipinski definition) is 4. The lowest BCUT2D eigenvalue weighted by Gasteiger charge is -2.26. The van der Waals surface area contributed by atoms with E-state index in [1.807, 2.05) is 25.1 Å². The van der Waals surface area contributed by atoms with Gasteiger partial charge in [0.2, 0.25) is 10.0 Å². The van der Waals surface area contributed by atoms with Crippen LogP contribution in [0.25, 0.3) is 0 Å². The fraction of sp³-hybridized carbons (Fsp3) is 0.364. The SMILES string of the molecule is Cc1cc(C)c(S(=O)(=O)N2CCC[C@H]2CNC(=O)C(=O)Nc2ccccc2)c(C)c1. The molecule has 1 aliphatic rings. The van der Waals surface area contributed by atoms with Crippen LogP contribution in [0, 0.1) is 20.8 Å². The summed E-state index contributed by atoms with van der Waals surface area (Å²) in [4.78, 5) is 24.6. The highest BCUT2D eigenvalue weighted by atomic mass is 32.2. The first-order chi connectivity index (χ1) is 14.2. The predicted molar refractivity (Wildman–Crippen MR) is 116 cm³/mol. The second kappa shape index (κ2) is 8.97. The van der Waals surface area contributed by atoms with Crippen molar-refractivity contribution in [3.8, 4) is 0 Å². The zero-order valence-electron chi connectivity index (χ0n) is 17.4. The van der Waals surface area contributed by atoms with Crippen LogP contribution in [0.3, 0.4) is 0 Å². The van der Waals surface area contributed by atoms with Crippen molar-refractivity contribution in [2.75, 3.05) is 18.4 Å². The van der Waals surface area contributed by atoms with Crippen molar-refractivity contribution < 1.29 is 18.0 Å². The number of carbonyl (C=O) groups is 2. The van der Waals surface area contributed by atoms with Crippen LogP contribution in [0.4, 0.5) is 5.69 Å². The van der Waals surface area contributed by atoms with Gasteiger partial charge in [0.25, 0.3) is 0 Å². The van der Waals surface area contributed by atoms with Crippen LogP contribution in [-0.2, 0) is 19.6 Å². The van der Waals surface area contributed by atoms with Gasteiger partial charge in [0.05, 0.1) is 4.90 Å². The molecule has 0 unspecified atom stereocenters. The summed E-state index contributed by atoms with van der Waals surface area (Å²) in [6.07, 6.45) is 1.34. The van der Waals surface area contributed by atoms with E-state index in [1.165, 1.54) is 4.31 Å². The molecule has 1 aliphatic heterocycles. The Morgan fingerprint density at radius 1 is 1.03 bits per heavy atom. The van der Waals surface area contributed by atoms with Crippen LogP contribution in [0.15, 0.2) is 47.4 Å². The molecule has 0 saturated carbocycles. The summed E-state index contributed by atoms with van der Waals surface area (Å²) in [5.74, 6) is -1.57. The molecule has 2 amide bonds. The minimum Gasteiger partial charge on any atom is -0.346 e. The summed E-state index contributed by atoms with van der Waals surface area (Å²) in [6.45, 7) is 6.02. The van der Waals surface area contributed by atoms with Gasteiger partial charge in [-0.15, -0.1) is 0 Å². The molecule has 0 aliphatic carbocycles. The van der Waals surface area contributed by atoms with Gasteiger partial charge in [0.15, 0.2) is 0 Å². The smallest absolute Gasteiger partial charge is 0.313 e. The van der Waals surface area contributed by atoms with Crippen LogP contribution in [0.2, 0.25) is 0 Å². The van der Waals surface area contributed by atoms with Crippen molar-refractivity contribution >= 4 is 27.5 Å². The van der Waals surface area contributed by atoms with Crippen LogP contribution >= 0.6 is 0 Å². The summed E-state index contributed by atoms with van der Waals surface area (Å²) >= 11 is 0. The number of sulfonamides is 1. The highest BCUT2D eigenvalue weighted by molar-refractivity contribution is 7.89. The van der Waals surface area contributed by atoms with Crippen molar-refractivity contribution in [2.24, 2.45) is 0 Å². The molecular formula is C22H27N3O4S. The van der Waals surface area contributed by atoms with Crippen molar-refractivity contribution in [1.29, 1.82) is 0 Å². The van der Waals surface area contributed by atoms with E-state index >= 15 is 0 Å². The maximum Gasteiger partial charge on any atom is 0.313 e. The number of benzene rings is 2. The fourth-order valence-electron chi connectivity index (χ4n) is 4.02. The van der Waals surface area contributed by atoms with Gasteiger partial charge in [0.1, 0.15) is 0 Å². The zero-order valence-corrected chi connectivity index (χ0v) is 18.3. The molecule has 2 aromatic carbocycles. The lowest BCUT2D eigenvalue weighted by molar-refractivity contribution is -0.136. The summed E-state index contributed by atoms with van der Waals surface area (Å²) in [7, 11) is -3.70. The van der Waals surface area contributed by atoms with Gasteiger partial charge in [-0.05, 0) is 56.9 Å². The van der Waals surface area contributed by atoms with Crippen LogP contribution in [0.5, 0.6) is 0 Å². The summed E-state index contributed by atoms with van der Waals surface area (Å²) in [5, 5.41) is 5.10. The van der Waals surface area contributed by atoms with Crippen LogP contribution in [-0.4, -0.2) is 43.7 Å². The largest absolute Gasteiger partial charge is 0.346 e. The van der Waals surface area contributed by atoms with E-state index in [0.29, 0.717) is 41.1 Å². The average molecular weight is 430 g/mol.